The summed E-state index contributed by atoms with van der Waals surface area (Å²) in [4.78, 5) is 33.6. The molecule has 0 radical (unpaired) electrons. The highest BCUT2D eigenvalue weighted by atomic mass is 32.1. The molecule has 2 N–H and O–H groups in total. The summed E-state index contributed by atoms with van der Waals surface area (Å²) in [5.74, 6) is 0.276. The minimum atomic E-state index is -0.232. The van der Waals surface area contributed by atoms with Gasteiger partial charge in [-0.3, -0.25) is 14.9 Å². The van der Waals surface area contributed by atoms with Gasteiger partial charge in [0.15, 0.2) is 5.13 Å². The van der Waals surface area contributed by atoms with Crippen LogP contribution in [0.15, 0.2) is 59.4 Å². The number of nitrogens with one attached hydrogen (secondary N) is 2. The van der Waals surface area contributed by atoms with Crippen LogP contribution < -0.4 is 15.4 Å². The van der Waals surface area contributed by atoms with Crippen LogP contribution in [0.25, 0.3) is 0 Å². The number of aryl methyl sites for hydroxylation is 1. The number of amides is 2. The van der Waals surface area contributed by atoms with Gasteiger partial charge in [0.25, 0.3) is 5.91 Å². The third-order valence-corrected chi connectivity index (χ3v) is 6.11. The van der Waals surface area contributed by atoms with Gasteiger partial charge in [-0.05, 0) is 54.3 Å². The lowest BCUT2D eigenvalue weighted by atomic mass is 10.2. The van der Waals surface area contributed by atoms with Gasteiger partial charge in [-0.15, -0.1) is 22.7 Å². The molecule has 0 saturated carbocycles. The number of thiophene rings is 1. The fourth-order valence-corrected chi connectivity index (χ4v) is 4.20. The van der Waals surface area contributed by atoms with Crippen LogP contribution in [0.4, 0.5) is 10.8 Å². The Kier molecular flexibility index (Phi) is 6.73. The second-order valence-electron chi connectivity index (χ2n) is 6.85. The molecule has 0 saturated heterocycles. The monoisotopic (exact) mass is 475 g/mol. The van der Waals surface area contributed by atoms with Crippen molar-refractivity contribution in [2.24, 2.45) is 0 Å². The molecule has 164 valence electrons. The van der Waals surface area contributed by atoms with E-state index in [2.05, 4.69) is 20.6 Å². The van der Waals surface area contributed by atoms with Crippen LogP contribution in [-0.4, -0.2) is 21.8 Å². The van der Waals surface area contributed by atoms with Gasteiger partial charge in [0.1, 0.15) is 17.4 Å². The number of nitriles is 1. The molecule has 0 atom stereocenters. The van der Waals surface area contributed by atoms with Crippen LogP contribution >= 0.6 is 22.7 Å². The summed E-state index contributed by atoms with van der Waals surface area (Å²) in [5, 5.41) is 18.8. The van der Waals surface area contributed by atoms with Crippen LogP contribution in [0.5, 0.6) is 11.6 Å². The maximum absolute atomic E-state index is 12.5. The Bertz CT molecular complexity index is 1340. The number of benzene rings is 1. The van der Waals surface area contributed by atoms with Crippen molar-refractivity contribution in [3.8, 4) is 17.7 Å². The molecule has 10 heteroatoms. The van der Waals surface area contributed by atoms with Crippen LogP contribution in [0.1, 0.15) is 26.5 Å². The molecular formula is C23H17N5O3S2. The minimum Gasteiger partial charge on any atom is -0.438 e. The zero-order valence-electron chi connectivity index (χ0n) is 17.4. The summed E-state index contributed by atoms with van der Waals surface area (Å²) in [6.07, 6.45) is 1.62. The second kappa shape index (κ2) is 10.0. The van der Waals surface area contributed by atoms with E-state index in [0.717, 1.165) is 5.56 Å². The van der Waals surface area contributed by atoms with E-state index >= 15 is 0 Å². The van der Waals surface area contributed by atoms with Gasteiger partial charge >= 0.3 is 0 Å². The van der Waals surface area contributed by atoms with Crippen molar-refractivity contribution in [2.45, 2.75) is 13.3 Å². The lowest BCUT2D eigenvalue weighted by Crippen LogP contribution is -2.15. The summed E-state index contributed by atoms with van der Waals surface area (Å²) in [7, 11) is 0. The molecule has 1 aromatic carbocycles. The number of rotatable bonds is 7. The Balaban J connectivity index is 1.35. The van der Waals surface area contributed by atoms with Gasteiger partial charge in [0.2, 0.25) is 11.8 Å². The van der Waals surface area contributed by atoms with Crippen molar-refractivity contribution in [3.63, 3.8) is 0 Å². The molecule has 4 aromatic rings. The molecule has 0 aliphatic carbocycles. The molecule has 3 aromatic heterocycles. The Morgan fingerprint density at radius 2 is 2.03 bits per heavy atom. The third-order valence-electron chi connectivity index (χ3n) is 4.44. The number of ether oxygens (including phenoxy) is 1. The summed E-state index contributed by atoms with van der Waals surface area (Å²) >= 11 is 2.62. The first-order valence-electron chi connectivity index (χ1n) is 9.74. The first-order chi connectivity index (χ1) is 16.0. The van der Waals surface area contributed by atoms with Crippen LogP contribution in [0.2, 0.25) is 0 Å². The van der Waals surface area contributed by atoms with Crippen molar-refractivity contribution in [1.29, 1.82) is 5.26 Å². The highest BCUT2D eigenvalue weighted by Gasteiger charge is 2.13. The normalized spacial score (nSPS) is 10.3. The van der Waals surface area contributed by atoms with E-state index in [0.29, 0.717) is 32.7 Å². The minimum absolute atomic E-state index is 0.0720. The van der Waals surface area contributed by atoms with Crippen molar-refractivity contribution in [1.82, 2.24) is 9.97 Å². The van der Waals surface area contributed by atoms with Gasteiger partial charge in [-0.2, -0.15) is 5.26 Å². The predicted molar refractivity (Wildman–Crippen MR) is 127 cm³/mol. The number of aromatic nitrogens is 2. The zero-order valence-corrected chi connectivity index (χ0v) is 19.0. The van der Waals surface area contributed by atoms with Gasteiger partial charge in [-0.1, -0.05) is 6.07 Å². The van der Waals surface area contributed by atoms with Crippen molar-refractivity contribution < 1.29 is 14.3 Å². The average Bonchev–Trinajstić information content (AvgIpc) is 3.48. The van der Waals surface area contributed by atoms with Crippen molar-refractivity contribution in [3.05, 3.63) is 81.1 Å². The highest BCUT2D eigenvalue weighted by molar-refractivity contribution is 7.14. The SMILES string of the molecule is Cc1cc(Oc2ncccc2C#N)ccc1NC(=O)Cc1csc(NC(=O)c2cccs2)n1. The van der Waals surface area contributed by atoms with Crippen LogP contribution in [0.3, 0.4) is 0 Å². The second-order valence-corrected chi connectivity index (χ2v) is 8.65. The topological polar surface area (TPSA) is 117 Å². The maximum Gasteiger partial charge on any atom is 0.267 e. The number of pyridine rings is 1. The van der Waals surface area contributed by atoms with E-state index in [1.165, 1.54) is 22.7 Å². The fraction of sp³-hybridized carbons (Fsp3) is 0.0870. The largest absolute Gasteiger partial charge is 0.438 e. The van der Waals surface area contributed by atoms with Gasteiger partial charge in [0, 0.05) is 17.3 Å². The van der Waals surface area contributed by atoms with E-state index in [-0.39, 0.29) is 24.1 Å². The number of hydrogen-bond donors (Lipinski definition) is 2. The van der Waals surface area contributed by atoms with Gasteiger partial charge < -0.3 is 10.1 Å². The van der Waals surface area contributed by atoms with E-state index in [1.54, 1.807) is 54.0 Å². The molecule has 4 rings (SSSR count). The quantitative estimate of drug-likeness (QED) is 0.388. The standard InChI is InChI=1S/C23H17N5O3S2/c1-14-10-17(31-22-15(12-24)4-2-8-25-22)6-7-18(14)27-20(29)11-16-13-33-23(26-16)28-21(30)19-5-3-9-32-19/h2-10,13H,11H2,1H3,(H,27,29)(H,26,28,30). The molecule has 0 fully saturated rings. The molecule has 3 heterocycles. The van der Waals surface area contributed by atoms with Crippen molar-refractivity contribution in [2.75, 3.05) is 10.6 Å². The molecule has 8 nitrogen and oxygen atoms in total. The van der Waals surface area contributed by atoms with Gasteiger partial charge in [0.05, 0.1) is 17.0 Å². The van der Waals surface area contributed by atoms with E-state index in [9.17, 15) is 9.59 Å². The summed E-state index contributed by atoms with van der Waals surface area (Å²) in [5.41, 5.74) is 2.32. The number of carbonyl (C=O) groups excluding carboxylic acids is 2. The molecule has 0 aliphatic heterocycles. The molecule has 2 amide bonds. The van der Waals surface area contributed by atoms with E-state index < -0.39 is 0 Å². The van der Waals surface area contributed by atoms with Crippen molar-refractivity contribution >= 4 is 45.3 Å². The first-order valence-corrected chi connectivity index (χ1v) is 11.5. The predicted octanol–water partition coefficient (Wildman–Crippen LogP) is 5.01. The number of hydrogen-bond acceptors (Lipinski definition) is 8. The molecule has 0 aliphatic rings. The number of nitrogens with zero attached hydrogens (tertiary/aromatic N) is 3. The van der Waals surface area contributed by atoms with E-state index in [4.69, 9.17) is 10.00 Å². The lowest BCUT2D eigenvalue weighted by molar-refractivity contribution is -0.115. The van der Waals surface area contributed by atoms with E-state index in [1.807, 2.05) is 18.4 Å². The number of carbonyl (C=O) groups is 2. The fourth-order valence-electron chi connectivity index (χ4n) is 2.88. The summed E-state index contributed by atoms with van der Waals surface area (Å²) in [6.45, 7) is 1.84. The number of thiazole rings is 1. The molecule has 0 spiro atoms. The first kappa shape index (κ1) is 22.1. The highest BCUT2D eigenvalue weighted by Crippen LogP contribution is 2.27. The molecule has 0 unspecified atom stereocenters. The third kappa shape index (κ3) is 5.60. The lowest BCUT2D eigenvalue weighted by Gasteiger charge is -2.11. The van der Waals surface area contributed by atoms with Crippen LogP contribution in [-0.2, 0) is 11.2 Å². The smallest absolute Gasteiger partial charge is 0.267 e. The molecular weight excluding hydrogens is 458 g/mol. The van der Waals surface area contributed by atoms with Crippen LogP contribution in [0, 0.1) is 18.3 Å². The number of anilines is 2. The molecule has 33 heavy (non-hydrogen) atoms. The Hall–Kier alpha value is -4.07. The van der Waals surface area contributed by atoms with Gasteiger partial charge in [-0.25, -0.2) is 9.97 Å². The Labute approximate surface area is 197 Å². The summed E-state index contributed by atoms with van der Waals surface area (Å²) in [6, 6.07) is 14.0. The summed E-state index contributed by atoms with van der Waals surface area (Å²) < 4.78 is 5.71. The molecule has 0 bridgehead atoms. The maximum atomic E-state index is 12.5. The zero-order chi connectivity index (χ0) is 23.2. The Morgan fingerprint density at radius 3 is 2.79 bits per heavy atom. The average molecular weight is 476 g/mol. The Morgan fingerprint density at radius 1 is 1.15 bits per heavy atom.